The molecular weight excluding hydrogens is 436 g/mol. The average molecular weight is 467 g/mol. The van der Waals surface area contributed by atoms with E-state index in [2.05, 4.69) is 35.9 Å². The third-order valence-electron chi connectivity index (χ3n) is 5.92. The summed E-state index contributed by atoms with van der Waals surface area (Å²) >= 11 is 0. The number of nitrogens with zero attached hydrogens (tertiary/aromatic N) is 2. The normalized spacial score (nSPS) is 13.7. The second-order valence-corrected chi connectivity index (χ2v) is 9.97. The molecule has 3 aromatic rings. The zero-order chi connectivity index (χ0) is 23.4. The Morgan fingerprint density at radius 1 is 1.00 bits per heavy atom. The lowest BCUT2D eigenvalue weighted by molar-refractivity contribution is 0.457. The lowest BCUT2D eigenvalue weighted by Crippen LogP contribution is -2.26. The number of anilines is 2. The Labute approximate surface area is 196 Å². The van der Waals surface area contributed by atoms with Crippen LogP contribution in [0.1, 0.15) is 55.2 Å². The van der Waals surface area contributed by atoms with Crippen molar-refractivity contribution >= 4 is 21.5 Å². The average Bonchev–Trinajstić information content (AvgIpc) is 2.79. The fourth-order valence-corrected chi connectivity index (χ4v) is 5.30. The Bertz CT molecular complexity index is 1210. The van der Waals surface area contributed by atoms with Crippen molar-refractivity contribution in [2.75, 3.05) is 11.4 Å². The van der Waals surface area contributed by atoms with Gasteiger partial charge in [0.1, 0.15) is 5.25 Å². The summed E-state index contributed by atoms with van der Waals surface area (Å²) in [6, 6.07) is 17.3. The SMILES string of the molecule is CCCc1cc(CCC)c2c(c1)N(CCC(c1ccccn1)S(=O)(=O)O)c1ccccc1O2. The zero-order valence-electron chi connectivity index (χ0n) is 19.1. The topological polar surface area (TPSA) is 79.7 Å². The standard InChI is InChI=1S/C26H30N2O4S/c1-3-9-19-17-20(10-4-2)26-23(18-19)28(22-12-5-6-13-24(22)32-26)16-14-25(33(29,30)31)21-11-7-8-15-27-21/h5-8,11-13,15,17-18,25H,3-4,9-10,14,16H2,1-2H3,(H,29,30,31). The fourth-order valence-electron chi connectivity index (χ4n) is 4.45. The number of ether oxygens (including phenoxy) is 1. The first kappa shape index (κ1) is 23.3. The summed E-state index contributed by atoms with van der Waals surface area (Å²) in [5.41, 5.74) is 4.57. The predicted octanol–water partition coefficient (Wildman–Crippen LogP) is 6.25. The summed E-state index contributed by atoms with van der Waals surface area (Å²) in [6.45, 7) is 4.69. The van der Waals surface area contributed by atoms with Crippen molar-refractivity contribution in [3.8, 4) is 11.5 Å². The minimum Gasteiger partial charge on any atom is -0.453 e. The van der Waals surface area contributed by atoms with Crippen molar-refractivity contribution in [1.82, 2.24) is 4.98 Å². The molecule has 1 aliphatic heterocycles. The first-order chi connectivity index (χ1) is 15.9. The van der Waals surface area contributed by atoms with Crippen LogP contribution in [0, 0.1) is 0 Å². The monoisotopic (exact) mass is 466 g/mol. The van der Waals surface area contributed by atoms with Gasteiger partial charge in [-0.05, 0) is 60.7 Å². The van der Waals surface area contributed by atoms with Crippen molar-refractivity contribution < 1.29 is 17.7 Å². The number of aromatic nitrogens is 1. The van der Waals surface area contributed by atoms with Crippen molar-refractivity contribution in [3.63, 3.8) is 0 Å². The number of hydrogen-bond donors (Lipinski definition) is 1. The molecule has 2 aromatic carbocycles. The molecule has 1 unspecified atom stereocenters. The maximum atomic E-state index is 12.2. The van der Waals surface area contributed by atoms with E-state index in [1.807, 2.05) is 24.3 Å². The summed E-state index contributed by atoms with van der Waals surface area (Å²) < 4.78 is 40.8. The van der Waals surface area contributed by atoms with E-state index < -0.39 is 15.4 Å². The second-order valence-electron chi connectivity index (χ2n) is 8.37. The first-order valence-electron chi connectivity index (χ1n) is 11.5. The summed E-state index contributed by atoms with van der Waals surface area (Å²) in [7, 11) is -4.33. The predicted molar refractivity (Wildman–Crippen MR) is 131 cm³/mol. The number of hydrogen-bond acceptors (Lipinski definition) is 5. The molecule has 0 spiro atoms. The third kappa shape index (κ3) is 5.04. The second kappa shape index (κ2) is 9.93. The van der Waals surface area contributed by atoms with Crippen LogP contribution in [-0.2, 0) is 23.0 Å². The van der Waals surface area contributed by atoms with E-state index >= 15 is 0 Å². The van der Waals surface area contributed by atoms with Gasteiger partial charge in [0.2, 0.25) is 0 Å². The van der Waals surface area contributed by atoms with Gasteiger partial charge in [0, 0.05) is 12.7 Å². The lowest BCUT2D eigenvalue weighted by atomic mass is 9.99. The zero-order valence-corrected chi connectivity index (χ0v) is 19.9. The van der Waals surface area contributed by atoms with Crippen LogP contribution < -0.4 is 9.64 Å². The molecule has 1 N–H and O–H groups in total. The summed E-state index contributed by atoms with van der Waals surface area (Å²) in [5, 5.41) is -1.11. The maximum absolute atomic E-state index is 12.2. The molecule has 0 radical (unpaired) electrons. The number of aryl methyl sites for hydroxylation is 2. The van der Waals surface area contributed by atoms with Crippen molar-refractivity contribution in [3.05, 3.63) is 77.6 Å². The number of para-hydroxylation sites is 2. The van der Waals surface area contributed by atoms with E-state index in [-0.39, 0.29) is 6.42 Å². The van der Waals surface area contributed by atoms with Crippen LogP contribution in [0.5, 0.6) is 11.5 Å². The molecule has 174 valence electrons. The first-order valence-corrected chi connectivity index (χ1v) is 13.0. The van der Waals surface area contributed by atoms with Crippen LogP contribution in [0.25, 0.3) is 0 Å². The minimum absolute atomic E-state index is 0.185. The van der Waals surface area contributed by atoms with Gasteiger partial charge >= 0.3 is 0 Å². The Morgan fingerprint density at radius 3 is 2.45 bits per heavy atom. The quantitative estimate of drug-likeness (QED) is 0.376. The number of rotatable bonds is 9. The van der Waals surface area contributed by atoms with Crippen LogP contribution in [0.2, 0.25) is 0 Å². The smallest absolute Gasteiger partial charge is 0.273 e. The van der Waals surface area contributed by atoms with E-state index in [0.717, 1.165) is 54.1 Å². The van der Waals surface area contributed by atoms with Gasteiger partial charge in [-0.3, -0.25) is 9.54 Å². The molecule has 1 atom stereocenters. The molecule has 1 aliphatic rings. The fraction of sp³-hybridized carbons (Fsp3) is 0.346. The third-order valence-corrected chi connectivity index (χ3v) is 7.11. The highest BCUT2D eigenvalue weighted by atomic mass is 32.2. The van der Waals surface area contributed by atoms with Gasteiger partial charge in [0.25, 0.3) is 10.1 Å². The Morgan fingerprint density at radius 2 is 1.76 bits per heavy atom. The van der Waals surface area contributed by atoms with Gasteiger partial charge in [-0.15, -0.1) is 0 Å². The molecule has 0 aliphatic carbocycles. The molecule has 7 heteroatoms. The summed E-state index contributed by atoms with van der Waals surface area (Å²) in [5.74, 6) is 1.57. The molecule has 33 heavy (non-hydrogen) atoms. The Balaban J connectivity index is 1.76. The van der Waals surface area contributed by atoms with E-state index in [4.69, 9.17) is 4.74 Å². The van der Waals surface area contributed by atoms with E-state index in [1.54, 1.807) is 24.4 Å². The van der Waals surface area contributed by atoms with Gasteiger partial charge in [0.15, 0.2) is 11.5 Å². The molecule has 0 amide bonds. The van der Waals surface area contributed by atoms with Crippen molar-refractivity contribution in [2.24, 2.45) is 0 Å². The number of fused-ring (bicyclic) bond motifs is 2. The van der Waals surface area contributed by atoms with Crippen molar-refractivity contribution in [1.29, 1.82) is 0 Å². The van der Waals surface area contributed by atoms with E-state index in [9.17, 15) is 13.0 Å². The highest BCUT2D eigenvalue weighted by Crippen LogP contribution is 2.49. The molecule has 4 rings (SSSR count). The Kier molecular flexibility index (Phi) is 7.00. The van der Waals surface area contributed by atoms with Crippen LogP contribution in [0.15, 0.2) is 60.8 Å². The molecule has 6 nitrogen and oxygen atoms in total. The van der Waals surface area contributed by atoms with E-state index in [1.165, 1.54) is 5.56 Å². The summed E-state index contributed by atoms with van der Waals surface area (Å²) in [6.07, 6.45) is 5.62. The molecule has 2 heterocycles. The highest BCUT2D eigenvalue weighted by molar-refractivity contribution is 7.86. The molecule has 0 fully saturated rings. The van der Waals surface area contributed by atoms with Crippen LogP contribution in [0.3, 0.4) is 0 Å². The molecule has 0 saturated heterocycles. The van der Waals surface area contributed by atoms with Crippen LogP contribution >= 0.6 is 0 Å². The van der Waals surface area contributed by atoms with Crippen LogP contribution in [0.4, 0.5) is 11.4 Å². The maximum Gasteiger partial charge on any atom is 0.273 e. The highest BCUT2D eigenvalue weighted by Gasteiger charge is 2.31. The van der Waals surface area contributed by atoms with Crippen LogP contribution in [-0.4, -0.2) is 24.5 Å². The van der Waals surface area contributed by atoms with Gasteiger partial charge in [0.05, 0.1) is 17.1 Å². The summed E-state index contributed by atoms with van der Waals surface area (Å²) in [4.78, 5) is 6.31. The van der Waals surface area contributed by atoms with Gasteiger partial charge < -0.3 is 9.64 Å². The molecule has 0 bridgehead atoms. The molecule has 0 saturated carbocycles. The lowest BCUT2D eigenvalue weighted by Gasteiger charge is -2.35. The van der Waals surface area contributed by atoms with Gasteiger partial charge in [-0.2, -0.15) is 8.42 Å². The molecular formula is C26H30N2O4S. The minimum atomic E-state index is -4.33. The number of benzene rings is 2. The number of pyridine rings is 1. The molecule has 1 aromatic heterocycles. The van der Waals surface area contributed by atoms with Gasteiger partial charge in [-0.1, -0.05) is 51.0 Å². The Hall–Kier alpha value is -2.90. The van der Waals surface area contributed by atoms with E-state index in [0.29, 0.717) is 12.2 Å². The largest absolute Gasteiger partial charge is 0.453 e. The van der Waals surface area contributed by atoms with Crippen molar-refractivity contribution in [2.45, 2.75) is 51.2 Å². The van der Waals surface area contributed by atoms with Gasteiger partial charge in [-0.25, -0.2) is 0 Å².